The van der Waals surface area contributed by atoms with Crippen molar-refractivity contribution < 1.29 is 9.32 Å². The maximum Gasteiger partial charge on any atom is 0.253 e. The lowest BCUT2D eigenvalue weighted by atomic mass is 9.98. The Kier molecular flexibility index (Phi) is 3.80. The molecule has 0 N–H and O–H groups in total. The third-order valence-electron chi connectivity index (χ3n) is 4.35. The number of pyridine rings is 1. The molecule has 1 amide bonds. The monoisotopic (exact) mass is 334 g/mol. The molecule has 0 radical (unpaired) electrons. The van der Waals surface area contributed by atoms with Crippen molar-refractivity contribution in [2.75, 3.05) is 13.1 Å². The lowest BCUT2D eigenvalue weighted by molar-refractivity contribution is 0.0569. The van der Waals surface area contributed by atoms with E-state index in [1.807, 2.05) is 43.0 Å². The van der Waals surface area contributed by atoms with E-state index in [-0.39, 0.29) is 11.8 Å². The van der Waals surface area contributed by atoms with E-state index in [2.05, 4.69) is 21.2 Å². The van der Waals surface area contributed by atoms with Crippen LogP contribution in [0.3, 0.4) is 0 Å². The maximum absolute atomic E-state index is 12.6. The predicted molar refractivity (Wildman–Crippen MR) is 92.1 cm³/mol. The SMILES string of the molecule is Cc1cc(C)cc(C(=O)N2CC(c3nc(-c4cccnc4)no3)C2)c1. The highest BCUT2D eigenvalue weighted by molar-refractivity contribution is 5.95. The normalized spacial score (nSPS) is 14.4. The molecule has 2 aromatic heterocycles. The van der Waals surface area contributed by atoms with Crippen molar-refractivity contribution in [3.63, 3.8) is 0 Å². The number of carbonyl (C=O) groups excluding carboxylic acids is 1. The Labute approximate surface area is 145 Å². The van der Waals surface area contributed by atoms with Gasteiger partial charge in [-0.3, -0.25) is 9.78 Å². The van der Waals surface area contributed by atoms with Crippen molar-refractivity contribution in [1.29, 1.82) is 0 Å². The zero-order chi connectivity index (χ0) is 17.4. The number of aromatic nitrogens is 3. The van der Waals surface area contributed by atoms with Crippen LogP contribution in [0.1, 0.15) is 33.3 Å². The van der Waals surface area contributed by atoms with Gasteiger partial charge >= 0.3 is 0 Å². The number of amides is 1. The Morgan fingerprint density at radius 3 is 2.64 bits per heavy atom. The quantitative estimate of drug-likeness (QED) is 0.736. The van der Waals surface area contributed by atoms with E-state index >= 15 is 0 Å². The maximum atomic E-state index is 12.6. The van der Waals surface area contributed by atoms with Gasteiger partial charge in [-0.25, -0.2) is 0 Å². The van der Waals surface area contributed by atoms with Gasteiger partial charge < -0.3 is 9.42 Å². The molecule has 6 heteroatoms. The van der Waals surface area contributed by atoms with Gasteiger partial charge in [0.05, 0.1) is 5.92 Å². The van der Waals surface area contributed by atoms with Gasteiger partial charge in [-0.05, 0) is 38.1 Å². The number of aryl methyl sites for hydroxylation is 2. The van der Waals surface area contributed by atoms with Crippen molar-refractivity contribution in [2.45, 2.75) is 19.8 Å². The first-order valence-corrected chi connectivity index (χ1v) is 8.22. The van der Waals surface area contributed by atoms with Gasteiger partial charge in [-0.15, -0.1) is 0 Å². The number of benzene rings is 1. The summed E-state index contributed by atoms with van der Waals surface area (Å²) >= 11 is 0. The number of carbonyl (C=O) groups is 1. The molecular formula is C19H18N4O2. The lowest BCUT2D eigenvalue weighted by Crippen LogP contribution is -2.48. The minimum atomic E-state index is 0.0510. The molecule has 1 saturated heterocycles. The van der Waals surface area contributed by atoms with Crippen molar-refractivity contribution in [3.8, 4) is 11.4 Å². The third-order valence-corrected chi connectivity index (χ3v) is 4.35. The van der Waals surface area contributed by atoms with E-state index < -0.39 is 0 Å². The second-order valence-electron chi connectivity index (χ2n) is 6.48. The molecule has 1 aliphatic rings. The standard InChI is InChI=1S/C19H18N4O2/c1-12-6-13(2)8-15(7-12)19(24)23-10-16(11-23)18-21-17(22-25-18)14-4-3-5-20-9-14/h3-9,16H,10-11H2,1-2H3. The predicted octanol–water partition coefficient (Wildman–Crippen LogP) is 2.99. The molecule has 1 fully saturated rings. The minimum absolute atomic E-state index is 0.0510. The van der Waals surface area contributed by atoms with Gasteiger partial charge in [0.25, 0.3) is 5.91 Å². The molecule has 6 nitrogen and oxygen atoms in total. The Morgan fingerprint density at radius 2 is 1.96 bits per heavy atom. The largest absolute Gasteiger partial charge is 0.339 e. The molecule has 1 aromatic carbocycles. The molecular weight excluding hydrogens is 316 g/mol. The van der Waals surface area contributed by atoms with Gasteiger partial charge in [0, 0.05) is 36.6 Å². The van der Waals surface area contributed by atoms with Gasteiger partial charge in [0.2, 0.25) is 11.7 Å². The van der Waals surface area contributed by atoms with Crippen LogP contribution in [0.4, 0.5) is 0 Å². The molecule has 0 aliphatic carbocycles. The van der Waals surface area contributed by atoms with Crippen LogP contribution in [-0.4, -0.2) is 39.0 Å². The molecule has 4 rings (SSSR count). The van der Waals surface area contributed by atoms with Crippen LogP contribution in [0.15, 0.2) is 47.2 Å². The summed E-state index contributed by atoms with van der Waals surface area (Å²) in [6, 6.07) is 9.64. The van der Waals surface area contributed by atoms with Crippen LogP contribution in [-0.2, 0) is 0 Å². The number of hydrogen-bond acceptors (Lipinski definition) is 5. The molecule has 126 valence electrons. The zero-order valence-electron chi connectivity index (χ0n) is 14.1. The number of hydrogen-bond donors (Lipinski definition) is 0. The van der Waals surface area contributed by atoms with Crippen LogP contribution >= 0.6 is 0 Å². The molecule has 0 saturated carbocycles. The second kappa shape index (κ2) is 6.12. The Hall–Kier alpha value is -3.02. The highest BCUT2D eigenvalue weighted by Gasteiger charge is 2.36. The second-order valence-corrected chi connectivity index (χ2v) is 6.48. The molecule has 3 heterocycles. The topological polar surface area (TPSA) is 72.1 Å². The summed E-state index contributed by atoms with van der Waals surface area (Å²) in [5.41, 5.74) is 3.74. The summed E-state index contributed by atoms with van der Waals surface area (Å²) in [4.78, 5) is 22.9. The van der Waals surface area contributed by atoms with Crippen LogP contribution in [0, 0.1) is 13.8 Å². The van der Waals surface area contributed by atoms with E-state index in [4.69, 9.17) is 4.52 Å². The number of likely N-dealkylation sites (tertiary alicyclic amines) is 1. The van der Waals surface area contributed by atoms with E-state index in [9.17, 15) is 4.79 Å². The smallest absolute Gasteiger partial charge is 0.253 e. The van der Waals surface area contributed by atoms with Crippen molar-refractivity contribution in [3.05, 3.63) is 65.3 Å². The van der Waals surface area contributed by atoms with Crippen LogP contribution in [0.5, 0.6) is 0 Å². The van der Waals surface area contributed by atoms with E-state index in [0.29, 0.717) is 24.8 Å². The molecule has 25 heavy (non-hydrogen) atoms. The van der Waals surface area contributed by atoms with Crippen LogP contribution in [0.25, 0.3) is 11.4 Å². The van der Waals surface area contributed by atoms with E-state index in [1.54, 1.807) is 12.4 Å². The van der Waals surface area contributed by atoms with Gasteiger partial charge in [0.1, 0.15) is 0 Å². The zero-order valence-corrected chi connectivity index (χ0v) is 14.1. The van der Waals surface area contributed by atoms with E-state index in [1.165, 1.54) is 0 Å². The first-order chi connectivity index (χ1) is 12.1. The summed E-state index contributed by atoms with van der Waals surface area (Å²) < 4.78 is 5.37. The fourth-order valence-electron chi connectivity index (χ4n) is 3.09. The van der Waals surface area contributed by atoms with Crippen molar-refractivity contribution in [1.82, 2.24) is 20.0 Å². The Bertz CT molecular complexity index is 894. The first kappa shape index (κ1) is 15.5. The summed E-state index contributed by atoms with van der Waals surface area (Å²) in [6.45, 7) is 5.20. The molecule has 3 aromatic rings. The van der Waals surface area contributed by atoms with Crippen LogP contribution < -0.4 is 0 Å². The van der Waals surface area contributed by atoms with Gasteiger partial charge in [-0.1, -0.05) is 22.3 Å². The summed E-state index contributed by atoms with van der Waals surface area (Å²) in [6.07, 6.45) is 3.40. The Morgan fingerprint density at radius 1 is 1.20 bits per heavy atom. The molecule has 0 spiro atoms. The van der Waals surface area contributed by atoms with Crippen LogP contribution in [0.2, 0.25) is 0 Å². The summed E-state index contributed by atoms with van der Waals surface area (Å²) in [5, 5.41) is 4.01. The highest BCUT2D eigenvalue weighted by atomic mass is 16.5. The fourth-order valence-corrected chi connectivity index (χ4v) is 3.09. The molecule has 0 bridgehead atoms. The van der Waals surface area contributed by atoms with E-state index in [0.717, 1.165) is 22.3 Å². The number of nitrogens with zero attached hydrogens (tertiary/aromatic N) is 4. The molecule has 0 unspecified atom stereocenters. The molecule has 0 atom stereocenters. The fraction of sp³-hybridized carbons (Fsp3) is 0.263. The summed E-state index contributed by atoms with van der Waals surface area (Å²) in [7, 11) is 0. The average molecular weight is 334 g/mol. The average Bonchev–Trinajstić information content (AvgIpc) is 3.03. The minimum Gasteiger partial charge on any atom is -0.339 e. The van der Waals surface area contributed by atoms with Crippen molar-refractivity contribution in [2.24, 2.45) is 0 Å². The Balaban J connectivity index is 1.44. The van der Waals surface area contributed by atoms with Gasteiger partial charge in [0.15, 0.2) is 0 Å². The third kappa shape index (κ3) is 3.03. The summed E-state index contributed by atoms with van der Waals surface area (Å²) in [5.74, 6) is 1.24. The first-order valence-electron chi connectivity index (χ1n) is 8.22. The van der Waals surface area contributed by atoms with Gasteiger partial charge in [-0.2, -0.15) is 4.98 Å². The van der Waals surface area contributed by atoms with Crippen molar-refractivity contribution >= 4 is 5.91 Å². The molecule has 1 aliphatic heterocycles. The highest BCUT2D eigenvalue weighted by Crippen LogP contribution is 2.29. The lowest BCUT2D eigenvalue weighted by Gasteiger charge is -2.37. The number of rotatable bonds is 3.